The topological polar surface area (TPSA) is 86.4 Å². The Hall–Kier alpha value is -3.39. The standard InChI is InChI=1S/C25H32N6O2/c1-30-11-9-25(10-12-30,23(17-32)29-21-5-4-6-22(13-21)33-3)18-31(2)24-8-7-19(14-26-24)20-15-27-28-16-20/h4-8,13-17,23,29H,9-12,18H2,1-3H3,(H,27,28). The van der Waals surface area contributed by atoms with Crippen LogP contribution in [-0.2, 0) is 4.79 Å². The molecule has 8 heteroatoms. The molecule has 174 valence electrons. The highest BCUT2D eigenvalue weighted by molar-refractivity contribution is 5.67. The Morgan fingerprint density at radius 3 is 2.70 bits per heavy atom. The minimum atomic E-state index is -0.328. The molecule has 0 aliphatic carbocycles. The largest absolute Gasteiger partial charge is 0.497 e. The van der Waals surface area contributed by atoms with Gasteiger partial charge in [-0.2, -0.15) is 5.10 Å². The van der Waals surface area contributed by atoms with Gasteiger partial charge in [0.15, 0.2) is 0 Å². The van der Waals surface area contributed by atoms with Gasteiger partial charge >= 0.3 is 0 Å². The lowest BCUT2D eigenvalue weighted by Gasteiger charge is -2.46. The van der Waals surface area contributed by atoms with Crippen LogP contribution < -0.4 is 15.0 Å². The first-order valence-electron chi connectivity index (χ1n) is 11.2. The van der Waals surface area contributed by atoms with Crippen LogP contribution in [0.1, 0.15) is 12.8 Å². The summed E-state index contributed by atoms with van der Waals surface area (Å²) in [4.78, 5) is 21.6. The first-order chi connectivity index (χ1) is 16.0. The molecule has 1 aliphatic heterocycles. The maximum atomic E-state index is 12.4. The molecule has 33 heavy (non-hydrogen) atoms. The predicted octanol–water partition coefficient (Wildman–Crippen LogP) is 3.31. The van der Waals surface area contributed by atoms with Crippen LogP contribution in [0.25, 0.3) is 11.1 Å². The Bertz CT molecular complexity index is 1030. The molecular weight excluding hydrogens is 416 g/mol. The molecule has 0 bridgehead atoms. The molecule has 3 aromatic rings. The van der Waals surface area contributed by atoms with Crippen molar-refractivity contribution in [2.24, 2.45) is 5.41 Å². The molecule has 0 radical (unpaired) electrons. The zero-order valence-corrected chi connectivity index (χ0v) is 19.5. The third-order valence-electron chi connectivity index (χ3n) is 6.69. The zero-order valence-electron chi connectivity index (χ0n) is 19.5. The number of anilines is 2. The monoisotopic (exact) mass is 448 g/mol. The average Bonchev–Trinajstić information content (AvgIpc) is 3.39. The summed E-state index contributed by atoms with van der Waals surface area (Å²) in [6.07, 6.45) is 8.40. The number of nitrogens with zero attached hydrogens (tertiary/aromatic N) is 4. The van der Waals surface area contributed by atoms with Crippen LogP contribution in [0.5, 0.6) is 5.75 Å². The number of aldehydes is 1. The molecule has 2 N–H and O–H groups in total. The lowest BCUT2D eigenvalue weighted by molar-refractivity contribution is -0.111. The quantitative estimate of drug-likeness (QED) is 0.486. The minimum Gasteiger partial charge on any atom is -0.497 e. The fourth-order valence-corrected chi connectivity index (χ4v) is 4.60. The van der Waals surface area contributed by atoms with Crippen molar-refractivity contribution in [3.8, 4) is 16.9 Å². The van der Waals surface area contributed by atoms with E-state index in [1.165, 1.54) is 0 Å². The number of piperidine rings is 1. The molecule has 0 saturated carbocycles. The maximum absolute atomic E-state index is 12.4. The number of carbonyl (C=O) groups is 1. The summed E-state index contributed by atoms with van der Waals surface area (Å²) < 4.78 is 5.36. The Morgan fingerprint density at radius 1 is 1.24 bits per heavy atom. The molecule has 1 aliphatic rings. The van der Waals surface area contributed by atoms with Gasteiger partial charge in [0.1, 0.15) is 17.9 Å². The number of rotatable bonds is 9. The van der Waals surface area contributed by atoms with Crippen molar-refractivity contribution in [2.45, 2.75) is 18.9 Å². The lowest BCUT2D eigenvalue weighted by atomic mass is 9.72. The number of H-pyrrole nitrogens is 1. The van der Waals surface area contributed by atoms with E-state index in [2.05, 4.69) is 43.4 Å². The van der Waals surface area contributed by atoms with Crippen molar-refractivity contribution >= 4 is 17.8 Å². The summed E-state index contributed by atoms with van der Waals surface area (Å²) in [5, 5.41) is 10.3. The number of aromatic nitrogens is 3. The molecule has 3 heterocycles. The SMILES string of the molecule is COc1cccc(NC(C=O)C2(CN(C)c3ccc(-c4cn[nH]c4)cn3)CCN(C)CC2)c1. The van der Waals surface area contributed by atoms with Gasteiger partial charge in [-0.05, 0) is 57.2 Å². The van der Waals surface area contributed by atoms with Crippen LogP contribution in [0.15, 0.2) is 55.0 Å². The van der Waals surface area contributed by atoms with Gasteiger partial charge in [-0.25, -0.2) is 4.98 Å². The van der Waals surface area contributed by atoms with Crippen molar-refractivity contribution in [1.29, 1.82) is 0 Å². The Labute approximate surface area is 195 Å². The van der Waals surface area contributed by atoms with Crippen molar-refractivity contribution < 1.29 is 9.53 Å². The Balaban J connectivity index is 1.55. The van der Waals surface area contributed by atoms with Gasteiger partial charge in [0.2, 0.25) is 0 Å². The first-order valence-corrected chi connectivity index (χ1v) is 11.2. The van der Waals surface area contributed by atoms with E-state index in [4.69, 9.17) is 4.74 Å². The molecule has 1 atom stereocenters. The number of likely N-dealkylation sites (tertiary alicyclic amines) is 1. The summed E-state index contributed by atoms with van der Waals surface area (Å²) in [5.74, 6) is 1.65. The van der Waals surface area contributed by atoms with E-state index in [9.17, 15) is 4.79 Å². The summed E-state index contributed by atoms with van der Waals surface area (Å²) in [7, 11) is 5.83. The van der Waals surface area contributed by atoms with E-state index >= 15 is 0 Å². The number of hydrogen-bond acceptors (Lipinski definition) is 7. The Kier molecular flexibility index (Phi) is 6.93. The van der Waals surface area contributed by atoms with E-state index in [1.54, 1.807) is 13.3 Å². The van der Waals surface area contributed by atoms with Crippen LogP contribution in [0.3, 0.4) is 0 Å². The van der Waals surface area contributed by atoms with Crippen molar-refractivity contribution in [3.05, 3.63) is 55.0 Å². The van der Waals surface area contributed by atoms with Crippen molar-refractivity contribution in [3.63, 3.8) is 0 Å². The average molecular weight is 449 g/mol. The fraction of sp³-hybridized carbons (Fsp3) is 0.400. The molecule has 0 spiro atoms. The van der Waals surface area contributed by atoms with Crippen LogP contribution in [0, 0.1) is 5.41 Å². The molecule has 0 amide bonds. The number of benzene rings is 1. The molecule has 1 fully saturated rings. The van der Waals surface area contributed by atoms with E-state index in [1.807, 2.05) is 49.8 Å². The second-order valence-corrected chi connectivity index (χ2v) is 8.90. The number of hydrogen-bond donors (Lipinski definition) is 2. The third-order valence-corrected chi connectivity index (χ3v) is 6.69. The van der Waals surface area contributed by atoms with Crippen LogP contribution in [-0.4, -0.2) is 73.2 Å². The summed E-state index contributed by atoms with van der Waals surface area (Å²) in [6, 6.07) is 11.5. The van der Waals surface area contributed by atoms with Crippen molar-refractivity contribution in [2.75, 3.05) is 51.1 Å². The normalized spacial score (nSPS) is 16.7. The van der Waals surface area contributed by atoms with E-state index < -0.39 is 0 Å². The molecule has 8 nitrogen and oxygen atoms in total. The number of carbonyl (C=O) groups excluding carboxylic acids is 1. The smallest absolute Gasteiger partial charge is 0.142 e. The zero-order chi connectivity index (χ0) is 23.3. The number of methoxy groups -OCH3 is 1. The molecule has 1 saturated heterocycles. The molecule has 2 aromatic heterocycles. The molecule has 1 aromatic carbocycles. The van der Waals surface area contributed by atoms with E-state index in [-0.39, 0.29) is 11.5 Å². The highest BCUT2D eigenvalue weighted by atomic mass is 16.5. The Morgan fingerprint density at radius 2 is 2.06 bits per heavy atom. The summed E-state index contributed by atoms with van der Waals surface area (Å²) >= 11 is 0. The summed E-state index contributed by atoms with van der Waals surface area (Å²) in [5.41, 5.74) is 2.68. The lowest BCUT2D eigenvalue weighted by Crippen LogP contribution is -2.54. The summed E-state index contributed by atoms with van der Waals surface area (Å²) in [6.45, 7) is 2.62. The van der Waals surface area contributed by atoms with E-state index in [0.717, 1.165) is 67.1 Å². The van der Waals surface area contributed by atoms with Gasteiger partial charge in [-0.1, -0.05) is 6.07 Å². The molecule has 1 unspecified atom stereocenters. The van der Waals surface area contributed by atoms with Gasteiger partial charge in [0.05, 0.1) is 19.3 Å². The number of pyridine rings is 1. The maximum Gasteiger partial charge on any atom is 0.142 e. The number of aromatic amines is 1. The minimum absolute atomic E-state index is 0.225. The molecule has 4 rings (SSSR count). The van der Waals surface area contributed by atoms with Crippen molar-refractivity contribution in [1.82, 2.24) is 20.1 Å². The van der Waals surface area contributed by atoms with Gasteiger partial charge in [-0.15, -0.1) is 0 Å². The molecular formula is C25H32N6O2. The van der Waals surface area contributed by atoms with Gasteiger partial charge in [0, 0.05) is 54.3 Å². The predicted molar refractivity (Wildman–Crippen MR) is 131 cm³/mol. The van der Waals surface area contributed by atoms with Gasteiger partial charge in [0.25, 0.3) is 0 Å². The highest BCUT2D eigenvalue weighted by Crippen LogP contribution is 2.37. The number of ether oxygens (including phenoxy) is 1. The van der Waals surface area contributed by atoms with Gasteiger partial charge < -0.3 is 24.6 Å². The third kappa shape index (κ3) is 5.17. The second-order valence-electron chi connectivity index (χ2n) is 8.90. The van der Waals surface area contributed by atoms with Gasteiger partial charge in [-0.3, -0.25) is 5.10 Å². The fourth-order valence-electron chi connectivity index (χ4n) is 4.60. The highest BCUT2D eigenvalue weighted by Gasteiger charge is 2.42. The van der Waals surface area contributed by atoms with Crippen LogP contribution in [0.2, 0.25) is 0 Å². The first kappa shape index (κ1) is 22.8. The second kappa shape index (κ2) is 10.0. The van der Waals surface area contributed by atoms with Crippen LogP contribution >= 0.6 is 0 Å². The van der Waals surface area contributed by atoms with E-state index in [0.29, 0.717) is 0 Å². The number of nitrogens with one attached hydrogen (secondary N) is 2. The van der Waals surface area contributed by atoms with Crippen LogP contribution in [0.4, 0.5) is 11.5 Å².